The van der Waals surface area contributed by atoms with Gasteiger partial charge in [-0.15, -0.1) is 11.3 Å². The molecule has 0 amide bonds. The van der Waals surface area contributed by atoms with Gasteiger partial charge in [-0.3, -0.25) is 16.0 Å². The van der Waals surface area contributed by atoms with Crippen LogP contribution in [-0.2, 0) is 19.9 Å². The molecule has 0 spiro atoms. The molecule has 2 heterocycles. The Morgan fingerprint density at radius 1 is 1.58 bits per heavy atom. The Balaban J connectivity index is 2.26. The maximum Gasteiger partial charge on any atom is 0.0898 e. The molecule has 3 N–H and O–H groups in total. The van der Waals surface area contributed by atoms with E-state index in [1.165, 1.54) is 0 Å². The van der Waals surface area contributed by atoms with Gasteiger partial charge in [-0.05, 0) is 13.3 Å². The number of aromatic nitrogens is 3. The number of aryl methyl sites for hydroxylation is 3. The Labute approximate surface area is 121 Å². The number of rotatable bonds is 5. The molecule has 1 unspecified atom stereocenters. The highest BCUT2D eigenvalue weighted by Gasteiger charge is 2.20. The van der Waals surface area contributed by atoms with Crippen molar-refractivity contribution in [3.05, 3.63) is 32.5 Å². The van der Waals surface area contributed by atoms with Crippen molar-refractivity contribution in [2.24, 2.45) is 12.9 Å². The summed E-state index contributed by atoms with van der Waals surface area (Å²) >= 11 is 7.97. The topological polar surface area (TPSA) is 68.8 Å². The van der Waals surface area contributed by atoms with E-state index in [9.17, 15) is 0 Å². The molecule has 0 aliphatic rings. The molecule has 0 radical (unpaired) electrons. The number of hydrogen-bond acceptors (Lipinski definition) is 5. The minimum absolute atomic E-state index is 0.0532. The fourth-order valence-electron chi connectivity index (χ4n) is 2.02. The van der Waals surface area contributed by atoms with Gasteiger partial charge >= 0.3 is 0 Å². The van der Waals surface area contributed by atoms with Gasteiger partial charge in [0.05, 0.1) is 33.2 Å². The second-order valence-corrected chi connectivity index (χ2v) is 5.84. The lowest BCUT2D eigenvalue weighted by Gasteiger charge is -2.14. The molecule has 5 nitrogen and oxygen atoms in total. The van der Waals surface area contributed by atoms with E-state index in [-0.39, 0.29) is 6.04 Å². The van der Waals surface area contributed by atoms with Gasteiger partial charge in [0.2, 0.25) is 0 Å². The molecule has 0 fully saturated rings. The smallest absolute Gasteiger partial charge is 0.0898 e. The number of hydrazine groups is 1. The first kappa shape index (κ1) is 14.5. The lowest BCUT2D eigenvalue weighted by atomic mass is 10.1. The molecule has 2 aromatic heterocycles. The number of thiazole rings is 1. The van der Waals surface area contributed by atoms with Crippen LogP contribution in [0.5, 0.6) is 0 Å². The third-order valence-corrected chi connectivity index (χ3v) is 4.32. The molecule has 0 saturated heterocycles. The summed E-state index contributed by atoms with van der Waals surface area (Å²) in [6.45, 7) is 4.02. The lowest BCUT2D eigenvalue weighted by molar-refractivity contribution is 0.520. The second-order valence-electron chi connectivity index (χ2n) is 4.40. The lowest BCUT2D eigenvalue weighted by Crippen LogP contribution is -2.30. The summed E-state index contributed by atoms with van der Waals surface area (Å²) in [5.41, 5.74) is 5.65. The Morgan fingerprint density at radius 3 is 2.79 bits per heavy atom. The molecular formula is C12H18ClN5S. The van der Waals surface area contributed by atoms with E-state index in [1.54, 1.807) is 11.3 Å². The minimum Gasteiger partial charge on any atom is -0.271 e. The van der Waals surface area contributed by atoms with Gasteiger partial charge in [-0.1, -0.05) is 18.5 Å². The predicted molar refractivity (Wildman–Crippen MR) is 78.2 cm³/mol. The number of halogens is 1. The van der Waals surface area contributed by atoms with Crippen molar-refractivity contribution in [3.8, 4) is 0 Å². The molecule has 0 saturated carbocycles. The largest absolute Gasteiger partial charge is 0.271 e. The summed E-state index contributed by atoms with van der Waals surface area (Å²) in [5, 5.41) is 8.19. The average molecular weight is 300 g/mol. The fraction of sp³-hybridized carbons (Fsp3) is 0.500. The Kier molecular flexibility index (Phi) is 4.57. The van der Waals surface area contributed by atoms with Crippen LogP contribution in [0.1, 0.15) is 35.1 Å². The molecular weight excluding hydrogens is 282 g/mol. The molecule has 0 aromatic carbocycles. The Bertz CT molecular complexity index is 562. The van der Waals surface area contributed by atoms with Crippen LogP contribution >= 0.6 is 22.9 Å². The third kappa shape index (κ3) is 2.97. The zero-order chi connectivity index (χ0) is 14.0. The van der Waals surface area contributed by atoms with Crippen molar-refractivity contribution in [2.75, 3.05) is 0 Å². The van der Waals surface area contributed by atoms with Crippen molar-refractivity contribution in [1.29, 1.82) is 0 Å². The first-order valence-electron chi connectivity index (χ1n) is 6.15. The van der Waals surface area contributed by atoms with Crippen molar-refractivity contribution in [1.82, 2.24) is 20.2 Å². The molecule has 104 valence electrons. The Hall–Kier alpha value is -0.950. The molecule has 0 aliphatic heterocycles. The molecule has 0 bridgehead atoms. The van der Waals surface area contributed by atoms with Crippen LogP contribution in [0.4, 0.5) is 0 Å². The summed E-state index contributed by atoms with van der Waals surface area (Å²) in [6.07, 6.45) is 1.49. The summed E-state index contributed by atoms with van der Waals surface area (Å²) in [4.78, 5) is 4.47. The first-order chi connectivity index (χ1) is 9.06. The van der Waals surface area contributed by atoms with Gasteiger partial charge in [-0.25, -0.2) is 4.98 Å². The quantitative estimate of drug-likeness (QED) is 0.656. The summed E-state index contributed by atoms with van der Waals surface area (Å²) in [7, 11) is 1.90. The number of nitrogens with two attached hydrogens (primary N) is 1. The maximum atomic E-state index is 6.35. The van der Waals surface area contributed by atoms with E-state index >= 15 is 0 Å². The molecule has 7 heteroatoms. The highest BCUT2D eigenvalue weighted by molar-refractivity contribution is 7.09. The van der Waals surface area contributed by atoms with Crippen LogP contribution in [0.25, 0.3) is 0 Å². The highest BCUT2D eigenvalue weighted by Crippen LogP contribution is 2.26. The van der Waals surface area contributed by atoms with Gasteiger partial charge in [-0.2, -0.15) is 5.10 Å². The standard InChI is InChI=1S/C12H18ClN5S/c1-4-8-12(13)11(18(3)17-8)5-9(16-14)10-6-19-7(2)15-10/h6,9,16H,4-5,14H2,1-3H3. The molecule has 19 heavy (non-hydrogen) atoms. The summed E-state index contributed by atoms with van der Waals surface area (Å²) in [6, 6.07) is -0.0532. The van der Waals surface area contributed by atoms with E-state index in [4.69, 9.17) is 17.4 Å². The maximum absolute atomic E-state index is 6.35. The fourth-order valence-corrected chi connectivity index (χ4v) is 3.06. The molecule has 2 rings (SSSR count). The van der Waals surface area contributed by atoms with Gasteiger partial charge < -0.3 is 0 Å². The second kappa shape index (κ2) is 6.00. The minimum atomic E-state index is -0.0532. The van der Waals surface area contributed by atoms with Crippen LogP contribution in [-0.4, -0.2) is 14.8 Å². The van der Waals surface area contributed by atoms with E-state index in [0.717, 1.165) is 33.5 Å². The Morgan fingerprint density at radius 2 is 2.32 bits per heavy atom. The van der Waals surface area contributed by atoms with Crippen LogP contribution in [0.2, 0.25) is 5.02 Å². The average Bonchev–Trinajstić information content (AvgIpc) is 2.92. The van der Waals surface area contributed by atoms with E-state index in [0.29, 0.717) is 6.42 Å². The molecule has 1 atom stereocenters. The van der Waals surface area contributed by atoms with Gasteiger partial charge in [0.25, 0.3) is 0 Å². The highest BCUT2D eigenvalue weighted by atomic mass is 35.5. The van der Waals surface area contributed by atoms with Crippen molar-refractivity contribution in [3.63, 3.8) is 0 Å². The van der Waals surface area contributed by atoms with Gasteiger partial charge in [0.1, 0.15) is 0 Å². The first-order valence-corrected chi connectivity index (χ1v) is 7.41. The normalized spacial score (nSPS) is 12.9. The number of hydrogen-bond donors (Lipinski definition) is 2. The number of nitrogens with one attached hydrogen (secondary N) is 1. The third-order valence-electron chi connectivity index (χ3n) is 3.10. The van der Waals surface area contributed by atoms with E-state index in [2.05, 4.69) is 15.5 Å². The van der Waals surface area contributed by atoms with Gasteiger partial charge in [0, 0.05) is 18.8 Å². The van der Waals surface area contributed by atoms with Crippen molar-refractivity contribution >= 4 is 22.9 Å². The van der Waals surface area contributed by atoms with E-state index < -0.39 is 0 Å². The zero-order valence-electron chi connectivity index (χ0n) is 11.3. The van der Waals surface area contributed by atoms with Crippen LogP contribution in [0.15, 0.2) is 5.38 Å². The van der Waals surface area contributed by atoms with Gasteiger partial charge in [0.15, 0.2) is 0 Å². The summed E-state index contributed by atoms with van der Waals surface area (Å²) in [5.74, 6) is 5.64. The van der Waals surface area contributed by atoms with Crippen LogP contribution < -0.4 is 11.3 Å². The van der Waals surface area contributed by atoms with E-state index in [1.807, 2.05) is 31.0 Å². The van der Waals surface area contributed by atoms with Crippen molar-refractivity contribution in [2.45, 2.75) is 32.7 Å². The molecule has 0 aliphatic carbocycles. The summed E-state index contributed by atoms with van der Waals surface area (Å²) < 4.78 is 1.82. The predicted octanol–water partition coefficient (Wildman–Crippen LogP) is 2.15. The SMILES string of the molecule is CCc1nn(C)c(CC(NN)c2csc(C)n2)c1Cl. The zero-order valence-corrected chi connectivity index (χ0v) is 12.8. The monoisotopic (exact) mass is 299 g/mol. The van der Waals surface area contributed by atoms with Crippen LogP contribution in [0.3, 0.4) is 0 Å². The van der Waals surface area contributed by atoms with Crippen molar-refractivity contribution < 1.29 is 0 Å². The van der Waals surface area contributed by atoms with Crippen LogP contribution in [0, 0.1) is 6.92 Å². The number of nitrogens with zero attached hydrogens (tertiary/aromatic N) is 3. The molecule has 2 aromatic rings.